The Morgan fingerprint density at radius 2 is 2.17 bits per heavy atom. The number of para-hydroxylation sites is 1. The number of nitrogens with one attached hydrogen (secondary N) is 2. The molecule has 5 heteroatoms. The Kier molecular flexibility index (Phi) is 4.26. The first-order chi connectivity index (χ1) is 11.2. The van der Waals surface area contributed by atoms with Crippen LogP contribution in [-0.4, -0.2) is 10.9 Å². The number of aromatic nitrogens is 1. The fraction of sp³-hybridized carbons (Fsp3) is 0.111. The molecule has 0 atom stereocenters. The van der Waals surface area contributed by atoms with E-state index in [1.54, 1.807) is 17.4 Å². The van der Waals surface area contributed by atoms with Gasteiger partial charge in [-0.1, -0.05) is 24.3 Å². The minimum Gasteiger partial charge on any atom is -0.358 e. The number of H-pyrrole nitrogens is 1. The van der Waals surface area contributed by atoms with Crippen molar-refractivity contribution in [2.24, 2.45) is 0 Å². The number of carbonyl (C=O) groups excluding carboxylic acids is 1. The smallest absolute Gasteiger partial charge is 0.262 e. The number of hydrogen-bond acceptors (Lipinski definition) is 3. The van der Waals surface area contributed by atoms with Crippen LogP contribution in [0.15, 0.2) is 47.4 Å². The van der Waals surface area contributed by atoms with Gasteiger partial charge in [-0.2, -0.15) is 5.26 Å². The molecule has 0 aliphatic carbocycles. The van der Waals surface area contributed by atoms with Crippen LogP contribution in [-0.2, 0) is 11.3 Å². The van der Waals surface area contributed by atoms with Crippen molar-refractivity contribution in [2.45, 2.75) is 13.5 Å². The largest absolute Gasteiger partial charge is 0.358 e. The number of nitrogens with zero attached hydrogens (tertiary/aromatic N) is 1. The number of nitriles is 1. The monoisotopic (exact) mass is 321 g/mol. The second-order valence-corrected chi connectivity index (χ2v) is 6.17. The van der Waals surface area contributed by atoms with Crippen LogP contribution in [0.25, 0.3) is 17.0 Å². The molecule has 0 saturated heterocycles. The van der Waals surface area contributed by atoms with Crippen molar-refractivity contribution in [2.75, 3.05) is 0 Å². The standard InChI is InChI=1S/C18H15N3OS/c1-12-16(15-6-2-3-7-17(15)21-12)9-13(10-19)18(22)20-11-14-5-4-8-23-14/h2-9,21H,11H2,1H3,(H,20,22)/b13-9+. The topological polar surface area (TPSA) is 68.7 Å². The first kappa shape index (κ1) is 15.1. The van der Waals surface area contributed by atoms with Gasteiger partial charge in [-0.25, -0.2) is 0 Å². The van der Waals surface area contributed by atoms with Crippen molar-refractivity contribution in [3.63, 3.8) is 0 Å². The van der Waals surface area contributed by atoms with Crippen molar-refractivity contribution in [1.29, 1.82) is 5.26 Å². The highest BCUT2D eigenvalue weighted by Crippen LogP contribution is 2.24. The van der Waals surface area contributed by atoms with Crippen LogP contribution in [0.2, 0.25) is 0 Å². The van der Waals surface area contributed by atoms with E-state index in [2.05, 4.69) is 10.3 Å². The van der Waals surface area contributed by atoms with E-state index in [1.165, 1.54) is 0 Å². The average molecular weight is 321 g/mol. The van der Waals surface area contributed by atoms with Gasteiger partial charge < -0.3 is 10.3 Å². The number of rotatable bonds is 4. The molecule has 4 nitrogen and oxygen atoms in total. The Bertz CT molecular complexity index is 914. The number of aromatic amines is 1. The Balaban J connectivity index is 1.87. The van der Waals surface area contributed by atoms with Gasteiger partial charge in [-0.3, -0.25) is 4.79 Å². The molecule has 0 fully saturated rings. The zero-order chi connectivity index (χ0) is 16.2. The van der Waals surface area contributed by atoms with Crippen molar-refractivity contribution in [3.05, 3.63) is 63.5 Å². The number of hydrogen-bond donors (Lipinski definition) is 2. The quantitative estimate of drug-likeness (QED) is 0.567. The van der Waals surface area contributed by atoms with Crippen molar-refractivity contribution >= 4 is 34.2 Å². The van der Waals surface area contributed by atoms with Crippen LogP contribution in [0.1, 0.15) is 16.1 Å². The number of carbonyl (C=O) groups is 1. The van der Waals surface area contributed by atoms with Gasteiger partial charge in [-0.15, -0.1) is 11.3 Å². The summed E-state index contributed by atoms with van der Waals surface area (Å²) in [6, 6.07) is 13.7. The van der Waals surface area contributed by atoms with Crippen molar-refractivity contribution in [3.8, 4) is 6.07 Å². The van der Waals surface area contributed by atoms with Crippen LogP contribution >= 0.6 is 11.3 Å². The maximum Gasteiger partial charge on any atom is 0.262 e. The first-order valence-electron chi connectivity index (χ1n) is 7.18. The lowest BCUT2D eigenvalue weighted by Gasteiger charge is -2.02. The summed E-state index contributed by atoms with van der Waals surface area (Å²) in [6.07, 6.45) is 1.65. The summed E-state index contributed by atoms with van der Waals surface area (Å²) in [5.41, 5.74) is 2.91. The van der Waals surface area contributed by atoms with E-state index in [4.69, 9.17) is 0 Å². The molecule has 0 aliphatic rings. The van der Waals surface area contributed by atoms with Crippen LogP contribution < -0.4 is 5.32 Å². The van der Waals surface area contributed by atoms with E-state index in [-0.39, 0.29) is 11.5 Å². The number of fused-ring (bicyclic) bond motifs is 1. The molecule has 0 bridgehead atoms. The first-order valence-corrected chi connectivity index (χ1v) is 8.06. The lowest BCUT2D eigenvalue weighted by Crippen LogP contribution is -2.23. The van der Waals surface area contributed by atoms with Gasteiger partial charge in [0.1, 0.15) is 11.6 Å². The Labute approximate surface area is 138 Å². The molecule has 2 aromatic heterocycles. The summed E-state index contributed by atoms with van der Waals surface area (Å²) in [6.45, 7) is 2.37. The fourth-order valence-corrected chi connectivity index (χ4v) is 3.10. The van der Waals surface area contributed by atoms with Crippen molar-refractivity contribution in [1.82, 2.24) is 10.3 Å². The lowest BCUT2D eigenvalue weighted by molar-refractivity contribution is -0.117. The van der Waals surface area contributed by atoms with Crippen LogP contribution in [0.3, 0.4) is 0 Å². The zero-order valence-electron chi connectivity index (χ0n) is 12.6. The lowest BCUT2D eigenvalue weighted by atomic mass is 10.1. The van der Waals surface area contributed by atoms with E-state index in [0.717, 1.165) is 27.0 Å². The molecule has 1 amide bonds. The van der Waals surface area contributed by atoms with E-state index in [9.17, 15) is 10.1 Å². The molecule has 0 saturated carbocycles. The molecule has 3 aromatic rings. The van der Waals surface area contributed by atoms with E-state index < -0.39 is 0 Å². The van der Waals surface area contributed by atoms with E-state index in [1.807, 2.05) is 54.8 Å². The minimum atomic E-state index is -0.356. The van der Waals surface area contributed by atoms with Gasteiger partial charge in [0.05, 0.1) is 6.54 Å². The summed E-state index contributed by atoms with van der Waals surface area (Å²) in [5.74, 6) is -0.356. The number of aryl methyl sites for hydroxylation is 1. The van der Waals surface area contributed by atoms with Crippen LogP contribution in [0, 0.1) is 18.3 Å². The van der Waals surface area contributed by atoms with Gasteiger partial charge in [-0.05, 0) is 30.5 Å². The molecule has 1 aromatic carbocycles. The molecule has 2 N–H and O–H groups in total. The maximum atomic E-state index is 12.2. The predicted molar refractivity (Wildman–Crippen MR) is 92.8 cm³/mol. The number of benzene rings is 1. The van der Waals surface area contributed by atoms with E-state index in [0.29, 0.717) is 6.54 Å². The summed E-state index contributed by atoms with van der Waals surface area (Å²) in [4.78, 5) is 16.6. The SMILES string of the molecule is Cc1[nH]c2ccccc2c1/C=C(\C#N)C(=O)NCc1cccs1. The third kappa shape index (κ3) is 3.17. The molecule has 0 aliphatic heterocycles. The molecule has 23 heavy (non-hydrogen) atoms. The molecular formula is C18H15N3OS. The highest BCUT2D eigenvalue weighted by atomic mass is 32.1. The van der Waals surface area contributed by atoms with Crippen molar-refractivity contribution < 1.29 is 4.79 Å². The number of thiophene rings is 1. The molecule has 114 valence electrons. The second kappa shape index (κ2) is 6.51. The zero-order valence-corrected chi connectivity index (χ0v) is 13.4. The highest BCUT2D eigenvalue weighted by molar-refractivity contribution is 7.09. The predicted octanol–water partition coefficient (Wildman–Crippen LogP) is 3.76. The van der Waals surface area contributed by atoms with E-state index >= 15 is 0 Å². The molecule has 3 rings (SSSR count). The van der Waals surface area contributed by atoms with Gasteiger partial charge in [0.25, 0.3) is 5.91 Å². The molecule has 0 radical (unpaired) electrons. The highest BCUT2D eigenvalue weighted by Gasteiger charge is 2.12. The van der Waals surface area contributed by atoms with Crippen LogP contribution in [0.4, 0.5) is 0 Å². The average Bonchev–Trinajstić information content (AvgIpc) is 3.18. The molecular weight excluding hydrogens is 306 g/mol. The number of amides is 1. The Hall–Kier alpha value is -2.84. The summed E-state index contributed by atoms with van der Waals surface area (Å²) >= 11 is 1.57. The van der Waals surface area contributed by atoms with Gasteiger partial charge in [0.15, 0.2) is 0 Å². The summed E-state index contributed by atoms with van der Waals surface area (Å²) < 4.78 is 0. The summed E-state index contributed by atoms with van der Waals surface area (Å²) in [5, 5.41) is 15.1. The molecule has 0 unspecified atom stereocenters. The normalized spacial score (nSPS) is 11.4. The Morgan fingerprint density at radius 3 is 2.91 bits per heavy atom. The maximum absolute atomic E-state index is 12.2. The molecule has 2 heterocycles. The third-order valence-electron chi connectivity index (χ3n) is 3.60. The van der Waals surface area contributed by atoms with Crippen LogP contribution in [0.5, 0.6) is 0 Å². The fourth-order valence-electron chi connectivity index (χ4n) is 2.45. The summed E-state index contributed by atoms with van der Waals surface area (Å²) in [7, 11) is 0. The minimum absolute atomic E-state index is 0.106. The van der Waals surface area contributed by atoms with Gasteiger partial charge >= 0.3 is 0 Å². The second-order valence-electron chi connectivity index (χ2n) is 5.14. The molecule has 0 spiro atoms. The Morgan fingerprint density at radius 1 is 1.35 bits per heavy atom. The van der Waals surface area contributed by atoms with Gasteiger partial charge in [0.2, 0.25) is 0 Å². The third-order valence-corrected chi connectivity index (χ3v) is 4.48. The van der Waals surface area contributed by atoms with Gasteiger partial charge in [0, 0.05) is 27.0 Å².